The summed E-state index contributed by atoms with van der Waals surface area (Å²) in [4.78, 5) is 11.1. The van der Waals surface area contributed by atoms with Crippen molar-refractivity contribution in [3.63, 3.8) is 0 Å². The van der Waals surface area contributed by atoms with Crippen LogP contribution in [0.25, 0.3) is 0 Å². The maximum atomic E-state index is 11.1. The van der Waals surface area contributed by atoms with E-state index in [-0.39, 0.29) is 6.54 Å². The molecule has 0 bridgehead atoms. The summed E-state index contributed by atoms with van der Waals surface area (Å²) in [6.45, 7) is 0.0173. The van der Waals surface area contributed by atoms with Gasteiger partial charge in [-0.15, -0.1) is 0 Å². The molecule has 0 saturated heterocycles. The highest BCUT2D eigenvalue weighted by Gasteiger charge is 2.22. The molecule has 17 heavy (non-hydrogen) atoms. The molecule has 0 spiro atoms. The standard InChI is InChI=1S/C11H14BrNO4/c1-16-9-3-6(7(5-13)11(14)15)8(12)4-10(9)17-2/h3-4,7H,5,13H2,1-2H3,(H,14,15). The Bertz CT molecular complexity index is 422. The van der Waals surface area contributed by atoms with Crippen molar-refractivity contribution in [2.45, 2.75) is 5.92 Å². The number of aliphatic carboxylic acids is 1. The van der Waals surface area contributed by atoms with Crippen LogP contribution in [0.15, 0.2) is 16.6 Å². The van der Waals surface area contributed by atoms with E-state index in [1.54, 1.807) is 12.1 Å². The number of benzene rings is 1. The van der Waals surface area contributed by atoms with Crippen LogP contribution in [0.5, 0.6) is 11.5 Å². The Kier molecular flexibility index (Phi) is 4.77. The minimum Gasteiger partial charge on any atom is -0.493 e. The summed E-state index contributed by atoms with van der Waals surface area (Å²) in [5.74, 6) is -0.737. The van der Waals surface area contributed by atoms with Crippen molar-refractivity contribution < 1.29 is 19.4 Å². The van der Waals surface area contributed by atoms with Crippen molar-refractivity contribution in [1.29, 1.82) is 0 Å². The van der Waals surface area contributed by atoms with Gasteiger partial charge >= 0.3 is 5.97 Å². The topological polar surface area (TPSA) is 81.8 Å². The highest BCUT2D eigenvalue weighted by Crippen LogP contribution is 2.36. The van der Waals surface area contributed by atoms with E-state index in [4.69, 9.17) is 20.3 Å². The van der Waals surface area contributed by atoms with Crippen LogP contribution < -0.4 is 15.2 Å². The van der Waals surface area contributed by atoms with Crippen molar-refractivity contribution in [2.75, 3.05) is 20.8 Å². The third-order valence-corrected chi connectivity index (χ3v) is 3.10. The summed E-state index contributed by atoms with van der Waals surface area (Å²) >= 11 is 3.31. The van der Waals surface area contributed by atoms with Crippen LogP contribution in [0.1, 0.15) is 11.5 Å². The van der Waals surface area contributed by atoms with Crippen LogP contribution in [0.4, 0.5) is 0 Å². The summed E-state index contributed by atoms with van der Waals surface area (Å²) in [5, 5.41) is 9.07. The van der Waals surface area contributed by atoms with Gasteiger partial charge in [0.15, 0.2) is 11.5 Å². The molecule has 0 heterocycles. The van der Waals surface area contributed by atoms with E-state index < -0.39 is 11.9 Å². The van der Waals surface area contributed by atoms with Gasteiger partial charge in [0.05, 0.1) is 20.1 Å². The second kappa shape index (κ2) is 5.88. The Morgan fingerprint density at radius 2 is 1.94 bits per heavy atom. The number of carboxylic acids is 1. The average molecular weight is 304 g/mol. The first kappa shape index (κ1) is 13.8. The zero-order valence-corrected chi connectivity index (χ0v) is 11.2. The Balaban J connectivity index is 3.29. The molecule has 0 fully saturated rings. The first-order chi connectivity index (χ1) is 8.04. The predicted molar refractivity (Wildman–Crippen MR) is 66.7 cm³/mol. The number of carboxylic acid groups (broad SMARTS) is 1. The fourth-order valence-electron chi connectivity index (χ4n) is 1.50. The number of hydrogen-bond donors (Lipinski definition) is 2. The highest BCUT2D eigenvalue weighted by atomic mass is 79.9. The fourth-order valence-corrected chi connectivity index (χ4v) is 2.10. The summed E-state index contributed by atoms with van der Waals surface area (Å²) in [5.41, 5.74) is 6.03. The molecule has 0 aliphatic heterocycles. The quantitative estimate of drug-likeness (QED) is 0.863. The van der Waals surface area contributed by atoms with Gasteiger partial charge in [0.2, 0.25) is 0 Å². The third kappa shape index (κ3) is 2.89. The minimum atomic E-state index is -0.972. The lowest BCUT2D eigenvalue weighted by atomic mass is 9.99. The molecule has 5 nitrogen and oxygen atoms in total. The van der Waals surface area contributed by atoms with Crippen LogP contribution in [0.2, 0.25) is 0 Å². The second-order valence-corrected chi connectivity index (χ2v) is 4.21. The summed E-state index contributed by atoms with van der Waals surface area (Å²) in [6.07, 6.45) is 0. The molecule has 0 amide bonds. The van der Waals surface area contributed by atoms with Gasteiger partial charge in [-0.1, -0.05) is 15.9 Å². The van der Waals surface area contributed by atoms with Crippen molar-refractivity contribution in [3.05, 3.63) is 22.2 Å². The van der Waals surface area contributed by atoms with Gasteiger partial charge in [0.1, 0.15) is 0 Å². The molecule has 0 aliphatic carbocycles. The largest absolute Gasteiger partial charge is 0.493 e. The molecular weight excluding hydrogens is 290 g/mol. The molecule has 94 valence electrons. The number of nitrogens with two attached hydrogens (primary N) is 1. The molecule has 0 saturated carbocycles. The van der Waals surface area contributed by atoms with E-state index in [1.165, 1.54) is 14.2 Å². The number of rotatable bonds is 5. The lowest BCUT2D eigenvalue weighted by Gasteiger charge is -2.15. The third-order valence-electron chi connectivity index (χ3n) is 2.41. The molecule has 1 atom stereocenters. The van der Waals surface area contributed by atoms with Crippen molar-refractivity contribution in [3.8, 4) is 11.5 Å². The Hall–Kier alpha value is -1.27. The lowest BCUT2D eigenvalue weighted by molar-refractivity contribution is -0.138. The van der Waals surface area contributed by atoms with Gasteiger partial charge in [-0.2, -0.15) is 0 Å². The molecule has 3 N–H and O–H groups in total. The van der Waals surface area contributed by atoms with Crippen LogP contribution in [-0.4, -0.2) is 31.8 Å². The fraction of sp³-hybridized carbons (Fsp3) is 0.364. The molecule has 6 heteroatoms. The first-order valence-electron chi connectivity index (χ1n) is 4.89. The van der Waals surface area contributed by atoms with Crippen LogP contribution in [0.3, 0.4) is 0 Å². The Morgan fingerprint density at radius 3 is 2.35 bits per heavy atom. The number of hydrogen-bond acceptors (Lipinski definition) is 4. The molecule has 1 aromatic carbocycles. The first-order valence-corrected chi connectivity index (χ1v) is 5.68. The Labute approximate surface area is 108 Å². The van der Waals surface area contributed by atoms with E-state index in [2.05, 4.69) is 15.9 Å². The maximum Gasteiger partial charge on any atom is 0.312 e. The van der Waals surface area contributed by atoms with Crippen molar-refractivity contribution in [1.82, 2.24) is 0 Å². The molecule has 1 rings (SSSR count). The highest BCUT2D eigenvalue weighted by molar-refractivity contribution is 9.10. The van der Waals surface area contributed by atoms with Crippen molar-refractivity contribution in [2.24, 2.45) is 5.73 Å². The smallest absolute Gasteiger partial charge is 0.312 e. The van der Waals surface area contributed by atoms with Gasteiger partial charge in [0.25, 0.3) is 0 Å². The number of carbonyl (C=O) groups is 1. The van der Waals surface area contributed by atoms with Gasteiger partial charge in [-0.05, 0) is 17.7 Å². The van der Waals surface area contributed by atoms with Gasteiger partial charge in [-0.25, -0.2) is 0 Å². The number of methoxy groups -OCH3 is 2. The van der Waals surface area contributed by atoms with Gasteiger partial charge in [-0.3, -0.25) is 4.79 Å². The molecule has 0 aliphatic rings. The van der Waals surface area contributed by atoms with Gasteiger partial charge in [0, 0.05) is 11.0 Å². The van der Waals surface area contributed by atoms with E-state index in [9.17, 15) is 4.79 Å². The summed E-state index contributed by atoms with van der Waals surface area (Å²) in [6, 6.07) is 3.29. The number of halogens is 1. The number of ether oxygens (including phenoxy) is 2. The monoisotopic (exact) mass is 303 g/mol. The van der Waals surface area contributed by atoms with E-state index >= 15 is 0 Å². The minimum absolute atomic E-state index is 0.0173. The average Bonchev–Trinajstić information content (AvgIpc) is 2.31. The van der Waals surface area contributed by atoms with Crippen LogP contribution in [-0.2, 0) is 4.79 Å². The molecular formula is C11H14BrNO4. The van der Waals surface area contributed by atoms with E-state index in [0.717, 1.165) is 0 Å². The molecule has 0 aromatic heterocycles. The SMILES string of the molecule is COc1cc(Br)c(C(CN)C(=O)O)cc1OC. The maximum absolute atomic E-state index is 11.1. The molecule has 1 unspecified atom stereocenters. The predicted octanol–water partition coefficient (Wildman–Crippen LogP) is 1.59. The van der Waals surface area contributed by atoms with E-state index in [1.807, 2.05) is 0 Å². The molecule has 1 aromatic rings. The van der Waals surface area contributed by atoms with Crippen LogP contribution >= 0.6 is 15.9 Å². The van der Waals surface area contributed by atoms with Crippen LogP contribution in [0, 0.1) is 0 Å². The van der Waals surface area contributed by atoms with E-state index in [0.29, 0.717) is 21.5 Å². The second-order valence-electron chi connectivity index (χ2n) is 3.36. The normalized spacial score (nSPS) is 12.0. The van der Waals surface area contributed by atoms with Gasteiger partial charge < -0.3 is 20.3 Å². The zero-order valence-electron chi connectivity index (χ0n) is 9.57. The lowest BCUT2D eigenvalue weighted by Crippen LogP contribution is -2.21. The molecule has 0 radical (unpaired) electrons. The summed E-state index contributed by atoms with van der Waals surface area (Å²) in [7, 11) is 3.01. The summed E-state index contributed by atoms with van der Waals surface area (Å²) < 4.78 is 10.9. The Morgan fingerprint density at radius 1 is 1.41 bits per heavy atom. The zero-order chi connectivity index (χ0) is 13.0. The van der Waals surface area contributed by atoms with Crippen molar-refractivity contribution >= 4 is 21.9 Å².